The van der Waals surface area contributed by atoms with Crippen LogP contribution in [0.2, 0.25) is 0 Å². The maximum absolute atomic E-state index is 13.1. The third-order valence-electron chi connectivity index (χ3n) is 6.64. The van der Waals surface area contributed by atoms with Crippen LogP contribution in [0.5, 0.6) is 0 Å². The van der Waals surface area contributed by atoms with E-state index >= 15 is 0 Å². The summed E-state index contributed by atoms with van der Waals surface area (Å²) in [5, 5.41) is 14.5. The minimum Gasteiger partial charge on any atom is -0.480 e. The molecule has 2 amide bonds. The first kappa shape index (κ1) is 28.2. The van der Waals surface area contributed by atoms with Crippen molar-refractivity contribution in [3.05, 3.63) is 75.7 Å². The number of rotatable bonds is 9. The number of hydrogen-bond acceptors (Lipinski definition) is 6. The Morgan fingerprint density at radius 1 is 1.00 bits per heavy atom. The Balaban J connectivity index is 1.49. The minimum atomic E-state index is -1.15. The molecule has 3 N–H and O–H groups in total. The highest BCUT2D eigenvalue weighted by molar-refractivity contribution is 7.14. The summed E-state index contributed by atoms with van der Waals surface area (Å²) >= 11 is 1.38. The van der Waals surface area contributed by atoms with Crippen molar-refractivity contribution in [3.63, 3.8) is 0 Å². The number of aliphatic carboxylic acids is 1. The number of carbonyl (C=O) groups is 3. The first-order valence-corrected chi connectivity index (χ1v) is 13.9. The first-order valence-electron chi connectivity index (χ1n) is 13.1. The van der Waals surface area contributed by atoms with Crippen molar-refractivity contribution in [2.45, 2.75) is 70.9 Å². The average molecular weight is 547 g/mol. The van der Waals surface area contributed by atoms with Gasteiger partial charge in [0.15, 0.2) is 5.82 Å². The molecule has 4 rings (SSSR count). The average Bonchev–Trinajstić information content (AvgIpc) is 3.62. The van der Waals surface area contributed by atoms with E-state index in [0.717, 1.165) is 34.4 Å². The Morgan fingerprint density at radius 2 is 1.69 bits per heavy atom. The quantitative estimate of drug-likeness (QED) is 0.347. The summed E-state index contributed by atoms with van der Waals surface area (Å²) in [7, 11) is 0. The molecule has 39 heavy (non-hydrogen) atoms. The van der Waals surface area contributed by atoms with E-state index in [1.165, 1.54) is 30.3 Å². The molecule has 1 aliphatic rings. The second-order valence-corrected chi connectivity index (χ2v) is 11.9. The molecule has 2 atom stereocenters. The fourth-order valence-corrected chi connectivity index (χ4v) is 5.25. The lowest BCUT2D eigenvalue weighted by Crippen LogP contribution is -2.51. The SMILES string of the molecule is C[C@@H](NC(=O)[C@H](Cc1ccc(-c2ncc(C3=CCCC3)cn2)cc1)NC(=O)c1ccc(C(C)(C)C)s1)C(=O)O. The molecular weight excluding hydrogens is 512 g/mol. The van der Waals surface area contributed by atoms with Crippen molar-refractivity contribution in [1.29, 1.82) is 0 Å². The van der Waals surface area contributed by atoms with Crippen LogP contribution in [-0.4, -0.2) is 44.9 Å². The monoisotopic (exact) mass is 546 g/mol. The largest absolute Gasteiger partial charge is 0.480 e. The number of amides is 2. The summed E-state index contributed by atoms with van der Waals surface area (Å²) < 4.78 is 0. The Bertz CT molecular complexity index is 1370. The van der Waals surface area contributed by atoms with E-state index in [0.29, 0.717) is 10.7 Å². The summed E-state index contributed by atoms with van der Waals surface area (Å²) in [6.07, 6.45) is 9.44. The van der Waals surface area contributed by atoms with Gasteiger partial charge < -0.3 is 15.7 Å². The molecule has 204 valence electrons. The fourth-order valence-electron chi connectivity index (χ4n) is 4.28. The fraction of sp³-hybridized carbons (Fsp3) is 0.367. The minimum absolute atomic E-state index is 0.101. The Labute approximate surface area is 232 Å². The number of aromatic nitrogens is 2. The molecule has 3 aromatic rings. The van der Waals surface area contributed by atoms with Gasteiger partial charge in [0.25, 0.3) is 5.91 Å². The van der Waals surface area contributed by atoms with Crippen LogP contribution in [0.25, 0.3) is 17.0 Å². The summed E-state index contributed by atoms with van der Waals surface area (Å²) in [5.41, 5.74) is 3.88. The standard InChI is InChI=1S/C30H34N4O4S/c1-18(29(37)38)33-27(35)23(34-28(36)24-13-14-25(39-24)30(2,3)4)15-19-9-11-21(12-10-19)26-31-16-22(17-32-26)20-7-5-6-8-20/h7,9-14,16-18,23H,5-6,8,15H2,1-4H3,(H,33,35)(H,34,36)(H,37,38)/t18-,23+/m1/s1. The zero-order valence-electron chi connectivity index (χ0n) is 22.7. The van der Waals surface area contributed by atoms with Gasteiger partial charge in [-0.1, -0.05) is 51.1 Å². The summed E-state index contributed by atoms with van der Waals surface area (Å²) in [6, 6.07) is 9.10. The van der Waals surface area contributed by atoms with Gasteiger partial charge >= 0.3 is 5.97 Å². The first-order chi connectivity index (χ1) is 18.5. The Kier molecular flexibility index (Phi) is 8.60. The maximum atomic E-state index is 13.1. The molecule has 1 aliphatic carbocycles. The number of benzene rings is 1. The Morgan fingerprint density at radius 3 is 2.26 bits per heavy atom. The molecule has 0 radical (unpaired) electrons. The smallest absolute Gasteiger partial charge is 0.325 e. The molecule has 0 fully saturated rings. The molecule has 0 aliphatic heterocycles. The molecule has 0 spiro atoms. The summed E-state index contributed by atoms with van der Waals surface area (Å²) in [6.45, 7) is 7.60. The van der Waals surface area contributed by atoms with Crippen molar-refractivity contribution in [1.82, 2.24) is 20.6 Å². The molecular formula is C30H34N4O4S. The van der Waals surface area contributed by atoms with Crippen molar-refractivity contribution in [2.75, 3.05) is 0 Å². The van der Waals surface area contributed by atoms with Crippen molar-refractivity contribution >= 4 is 34.7 Å². The van der Waals surface area contributed by atoms with Crippen LogP contribution in [0, 0.1) is 0 Å². The number of nitrogens with zero attached hydrogens (tertiary/aromatic N) is 2. The maximum Gasteiger partial charge on any atom is 0.325 e. The lowest BCUT2D eigenvalue weighted by molar-refractivity contribution is -0.141. The third kappa shape index (κ3) is 7.17. The van der Waals surface area contributed by atoms with Gasteiger partial charge in [-0.05, 0) is 54.9 Å². The van der Waals surface area contributed by atoms with Crippen molar-refractivity contribution in [3.8, 4) is 11.4 Å². The molecule has 0 unspecified atom stereocenters. The van der Waals surface area contributed by atoms with Crippen LogP contribution in [-0.2, 0) is 21.4 Å². The number of allylic oxidation sites excluding steroid dienone is 2. The highest BCUT2D eigenvalue weighted by atomic mass is 32.1. The van der Waals surface area contributed by atoms with Gasteiger partial charge in [-0.2, -0.15) is 0 Å². The van der Waals surface area contributed by atoms with E-state index in [-0.39, 0.29) is 17.7 Å². The predicted molar refractivity (Wildman–Crippen MR) is 153 cm³/mol. The zero-order valence-corrected chi connectivity index (χ0v) is 23.5. The zero-order chi connectivity index (χ0) is 28.2. The molecule has 0 bridgehead atoms. The summed E-state index contributed by atoms with van der Waals surface area (Å²) in [5.74, 6) is -1.48. The van der Waals surface area contributed by atoms with Gasteiger partial charge in [0, 0.05) is 34.8 Å². The van der Waals surface area contributed by atoms with E-state index in [4.69, 9.17) is 0 Å². The van der Waals surface area contributed by atoms with Crippen LogP contribution in [0.15, 0.2) is 54.9 Å². The molecule has 1 aromatic carbocycles. The molecule has 2 heterocycles. The van der Waals surface area contributed by atoms with Gasteiger partial charge in [0.2, 0.25) is 5.91 Å². The van der Waals surface area contributed by atoms with E-state index in [1.807, 2.05) is 42.7 Å². The van der Waals surface area contributed by atoms with Crippen LogP contribution in [0.4, 0.5) is 0 Å². The summed E-state index contributed by atoms with van der Waals surface area (Å²) in [4.78, 5) is 48.0. The number of carboxylic acid groups (broad SMARTS) is 1. The van der Waals surface area contributed by atoms with Crippen molar-refractivity contribution < 1.29 is 19.5 Å². The van der Waals surface area contributed by atoms with Gasteiger partial charge in [0.1, 0.15) is 12.1 Å². The van der Waals surface area contributed by atoms with E-state index in [9.17, 15) is 19.5 Å². The van der Waals surface area contributed by atoms with E-state index < -0.39 is 24.0 Å². The Hall–Kier alpha value is -3.85. The van der Waals surface area contributed by atoms with Gasteiger partial charge in [-0.3, -0.25) is 14.4 Å². The van der Waals surface area contributed by atoms with Crippen LogP contribution < -0.4 is 10.6 Å². The molecule has 9 heteroatoms. The number of hydrogen-bond donors (Lipinski definition) is 3. The number of carbonyl (C=O) groups excluding carboxylic acids is 2. The van der Waals surface area contributed by atoms with E-state index in [2.05, 4.69) is 47.4 Å². The molecule has 0 saturated heterocycles. The molecule has 8 nitrogen and oxygen atoms in total. The van der Waals surface area contributed by atoms with Gasteiger partial charge in [0.05, 0.1) is 4.88 Å². The van der Waals surface area contributed by atoms with Gasteiger partial charge in [-0.15, -0.1) is 11.3 Å². The highest BCUT2D eigenvalue weighted by Crippen LogP contribution is 2.30. The lowest BCUT2D eigenvalue weighted by Gasteiger charge is -2.20. The van der Waals surface area contributed by atoms with Crippen LogP contribution >= 0.6 is 11.3 Å². The predicted octanol–water partition coefficient (Wildman–Crippen LogP) is 5.00. The number of carboxylic acids is 1. The second-order valence-electron chi connectivity index (χ2n) is 10.8. The lowest BCUT2D eigenvalue weighted by atomic mass is 9.95. The second kappa shape index (κ2) is 11.9. The molecule has 0 saturated carbocycles. The highest BCUT2D eigenvalue weighted by Gasteiger charge is 2.26. The topological polar surface area (TPSA) is 121 Å². The van der Waals surface area contributed by atoms with E-state index in [1.54, 1.807) is 6.07 Å². The normalized spacial score (nSPS) is 14.8. The van der Waals surface area contributed by atoms with Crippen LogP contribution in [0.3, 0.4) is 0 Å². The van der Waals surface area contributed by atoms with Gasteiger partial charge in [-0.25, -0.2) is 9.97 Å². The van der Waals surface area contributed by atoms with Crippen LogP contribution in [0.1, 0.15) is 72.6 Å². The number of nitrogens with one attached hydrogen (secondary N) is 2. The molecule has 2 aromatic heterocycles. The van der Waals surface area contributed by atoms with Crippen molar-refractivity contribution in [2.24, 2.45) is 0 Å². The third-order valence-corrected chi connectivity index (χ3v) is 8.15. The number of thiophene rings is 1.